The Hall–Kier alpha value is -1.77. The van der Waals surface area contributed by atoms with E-state index in [-0.39, 0.29) is 6.04 Å². The van der Waals surface area contributed by atoms with E-state index in [4.69, 9.17) is 11.6 Å². The van der Waals surface area contributed by atoms with Crippen molar-refractivity contribution in [3.8, 4) is 0 Å². The van der Waals surface area contributed by atoms with Crippen LogP contribution in [0.5, 0.6) is 0 Å². The number of aryl methyl sites for hydroxylation is 2. The highest BCUT2D eigenvalue weighted by Gasteiger charge is 2.25. The third-order valence-electron chi connectivity index (χ3n) is 4.57. The molecule has 0 radical (unpaired) electrons. The maximum atomic E-state index is 6.18. The maximum Gasteiger partial charge on any atom is 0.0732 e. The predicted molar refractivity (Wildman–Crippen MR) is 92.8 cm³/mol. The Kier molecular flexibility index (Phi) is 3.24. The maximum absolute atomic E-state index is 6.18. The van der Waals surface area contributed by atoms with Gasteiger partial charge in [0, 0.05) is 28.2 Å². The molecule has 0 saturated carbocycles. The number of hydrogen-bond donors (Lipinski definition) is 2. The average molecular weight is 311 g/mol. The van der Waals surface area contributed by atoms with Gasteiger partial charge in [0.1, 0.15) is 0 Å². The Morgan fingerprint density at radius 3 is 2.82 bits per heavy atom. The molecule has 22 heavy (non-hydrogen) atoms. The number of benzene rings is 2. The zero-order valence-corrected chi connectivity index (χ0v) is 13.6. The zero-order chi connectivity index (χ0) is 15.3. The Labute approximate surface area is 135 Å². The first-order chi connectivity index (χ1) is 10.6. The highest BCUT2D eigenvalue weighted by Crippen LogP contribution is 2.35. The van der Waals surface area contributed by atoms with E-state index in [9.17, 15) is 0 Å². The van der Waals surface area contributed by atoms with Gasteiger partial charge in [-0.25, -0.2) is 0 Å². The van der Waals surface area contributed by atoms with E-state index < -0.39 is 0 Å². The van der Waals surface area contributed by atoms with Gasteiger partial charge in [-0.3, -0.25) is 0 Å². The van der Waals surface area contributed by atoms with Crippen LogP contribution in [0.15, 0.2) is 36.4 Å². The Balaban J connectivity index is 1.93. The number of aromatic nitrogens is 1. The van der Waals surface area contributed by atoms with Crippen LogP contribution in [0.2, 0.25) is 5.02 Å². The van der Waals surface area contributed by atoms with E-state index in [1.165, 1.54) is 38.9 Å². The third kappa shape index (κ3) is 2.15. The van der Waals surface area contributed by atoms with E-state index in [0.29, 0.717) is 0 Å². The number of nitrogens with one attached hydrogen (secondary N) is 2. The van der Waals surface area contributed by atoms with Gasteiger partial charge in [0.2, 0.25) is 0 Å². The van der Waals surface area contributed by atoms with Crippen molar-refractivity contribution in [1.82, 2.24) is 10.3 Å². The van der Waals surface area contributed by atoms with E-state index in [2.05, 4.69) is 48.4 Å². The van der Waals surface area contributed by atoms with Gasteiger partial charge in [-0.05, 0) is 60.7 Å². The average Bonchev–Trinajstić information content (AvgIpc) is 2.85. The molecule has 1 aromatic heterocycles. The van der Waals surface area contributed by atoms with Crippen LogP contribution < -0.4 is 5.32 Å². The lowest BCUT2D eigenvalue weighted by atomic mass is 9.93. The first-order valence-corrected chi connectivity index (χ1v) is 8.12. The lowest BCUT2D eigenvalue weighted by Crippen LogP contribution is -2.30. The van der Waals surface area contributed by atoms with Crippen LogP contribution in [-0.4, -0.2) is 11.5 Å². The molecule has 2 nitrogen and oxygen atoms in total. The van der Waals surface area contributed by atoms with Crippen molar-refractivity contribution in [2.24, 2.45) is 0 Å². The number of hydrogen-bond acceptors (Lipinski definition) is 1. The summed E-state index contributed by atoms with van der Waals surface area (Å²) in [4.78, 5) is 3.66. The zero-order valence-electron chi connectivity index (χ0n) is 12.8. The number of fused-ring (bicyclic) bond motifs is 3. The van der Waals surface area contributed by atoms with Crippen LogP contribution in [-0.2, 0) is 6.42 Å². The molecule has 3 aromatic rings. The fourth-order valence-corrected chi connectivity index (χ4v) is 3.94. The summed E-state index contributed by atoms with van der Waals surface area (Å²) in [7, 11) is 0. The quantitative estimate of drug-likeness (QED) is 0.671. The van der Waals surface area contributed by atoms with Gasteiger partial charge in [-0.15, -0.1) is 0 Å². The predicted octanol–water partition coefficient (Wildman–Crippen LogP) is 4.67. The Morgan fingerprint density at radius 2 is 2.00 bits per heavy atom. The first-order valence-electron chi connectivity index (χ1n) is 7.74. The lowest BCUT2D eigenvalue weighted by molar-refractivity contribution is 0.560. The largest absolute Gasteiger partial charge is 0.357 e. The van der Waals surface area contributed by atoms with Crippen molar-refractivity contribution in [1.29, 1.82) is 0 Å². The summed E-state index contributed by atoms with van der Waals surface area (Å²) in [6.07, 6.45) is 1.07. The van der Waals surface area contributed by atoms with Crippen molar-refractivity contribution in [2.45, 2.75) is 26.3 Å². The molecule has 4 rings (SSSR count). The number of halogens is 1. The number of aromatic amines is 1. The second-order valence-electron chi connectivity index (χ2n) is 6.21. The van der Waals surface area contributed by atoms with Crippen molar-refractivity contribution >= 4 is 22.5 Å². The van der Waals surface area contributed by atoms with Gasteiger partial charge in [-0.2, -0.15) is 0 Å². The van der Waals surface area contributed by atoms with Crippen molar-refractivity contribution in [3.05, 3.63) is 69.4 Å². The summed E-state index contributed by atoms with van der Waals surface area (Å²) in [5.41, 5.74) is 7.87. The Bertz CT molecular complexity index is 863. The van der Waals surface area contributed by atoms with E-state index >= 15 is 0 Å². The molecule has 112 valence electrons. The van der Waals surface area contributed by atoms with Gasteiger partial charge >= 0.3 is 0 Å². The molecule has 2 heterocycles. The van der Waals surface area contributed by atoms with E-state index in [0.717, 1.165) is 18.0 Å². The normalized spacial score (nSPS) is 17.7. The van der Waals surface area contributed by atoms with Crippen molar-refractivity contribution in [3.63, 3.8) is 0 Å². The van der Waals surface area contributed by atoms with Crippen molar-refractivity contribution < 1.29 is 0 Å². The summed E-state index contributed by atoms with van der Waals surface area (Å²) in [6, 6.07) is 12.8. The molecule has 0 aliphatic carbocycles. The van der Waals surface area contributed by atoms with Crippen LogP contribution in [0, 0.1) is 13.8 Å². The van der Waals surface area contributed by atoms with Crippen molar-refractivity contribution in [2.75, 3.05) is 6.54 Å². The standard InChI is InChI=1S/C19H19ClN2/c1-11-8-12(2)17-15-6-7-21-18(19(15)22-16(17)9-11)13-4-3-5-14(20)10-13/h3-5,8-10,18,21-22H,6-7H2,1-2H3. The SMILES string of the molecule is Cc1cc(C)c2c3c([nH]c2c1)C(c1cccc(Cl)c1)NCC3. The van der Waals surface area contributed by atoms with Gasteiger partial charge in [-0.1, -0.05) is 29.8 Å². The fourth-order valence-electron chi connectivity index (χ4n) is 3.74. The van der Waals surface area contributed by atoms with Gasteiger partial charge in [0.25, 0.3) is 0 Å². The smallest absolute Gasteiger partial charge is 0.0732 e. The molecular formula is C19H19ClN2. The lowest BCUT2D eigenvalue weighted by Gasteiger charge is -2.25. The summed E-state index contributed by atoms with van der Waals surface area (Å²) < 4.78 is 0. The second-order valence-corrected chi connectivity index (χ2v) is 6.65. The molecule has 0 fully saturated rings. The molecule has 1 atom stereocenters. The number of rotatable bonds is 1. The molecule has 0 amide bonds. The number of H-pyrrole nitrogens is 1. The summed E-state index contributed by atoms with van der Waals surface area (Å²) in [6.45, 7) is 5.35. The molecule has 1 aliphatic heterocycles. The van der Waals surface area contributed by atoms with Crippen LogP contribution in [0.25, 0.3) is 10.9 Å². The molecule has 0 saturated heterocycles. The summed E-state index contributed by atoms with van der Waals surface area (Å²) >= 11 is 6.18. The van der Waals surface area contributed by atoms with Crippen LogP contribution in [0.3, 0.4) is 0 Å². The molecule has 0 spiro atoms. The molecule has 2 aromatic carbocycles. The molecular weight excluding hydrogens is 292 g/mol. The van der Waals surface area contributed by atoms with E-state index in [1.54, 1.807) is 0 Å². The van der Waals surface area contributed by atoms with Crippen LogP contribution in [0.4, 0.5) is 0 Å². The minimum absolute atomic E-state index is 0.189. The molecule has 2 N–H and O–H groups in total. The minimum atomic E-state index is 0.189. The highest BCUT2D eigenvalue weighted by molar-refractivity contribution is 6.30. The first kappa shape index (κ1) is 13.9. The Morgan fingerprint density at radius 1 is 1.14 bits per heavy atom. The summed E-state index contributed by atoms with van der Waals surface area (Å²) in [5.74, 6) is 0. The second kappa shape index (κ2) is 5.15. The van der Waals surface area contributed by atoms with Crippen LogP contribution in [0.1, 0.15) is 34.0 Å². The topological polar surface area (TPSA) is 27.8 Å². The fraction of sp³-hybridized carbons (Fsp3) is 0.263. The molecule has 1 unspecified atom stereocenters. The van der Waals surface area contributed by atoms with Gasteiger partial charge in [0.15, 0.2) is 0 Å². The van der Waals surface area contributed by atoms with Gasteiger partial charge in [0.05, 0.1) is 6.04 Å². The highest BCUT2D eigenvalue weighted by atomic mass is 35.5. The molecule has 1 aliphatic rings. The molecule has 0 bridgehead atoms. The monoisotopic (exact) mass is 310 g/mol. The minimum Gasteiger partial charge on any atom is -0.357 e. The molecule has 3 heteroatoms. The third-order valence-corrected chi connectivity index (χ3v) is 4.81. The van der Waals surface area contributed by atoms with Gasteiger partial charge < -0.3 is 10.3 Å². The van der Waals surface area contributed by atoms with Crippen LogP contribution >= 0.6 is 11.6 Å². The van der Waals surface area contributed by atoms with E-state index in [1.807, 2.05) is 12.1 Å². The summed E-state index contributed by atoms with van der Waals surface area (Å²) in [5, 5.41) is 5.81.